The Morgan fingerprint density at radius 2 is 1.84 bits per heavy atom. The van der Waals surface area contributed by atoms with Gasteiger partial charge in [0.05, 0.1) is 11.1 Å². The molecule has 2 nitrogen and oxygen atoms in total. The molecular weight excluding hydrogens is 257 g/mol. The molecule has 0 aromatic heterocycles. The van der Waals surface area contributed by atoms with Crippen LogP contribution in [0, 0.1) is 0 Å². The van der Waals surface area contributed by atoms with Gasteiger partial charge in [-0.2, -0.15) is 13.2 Å². The number of unbranched alkanes of at least 4 members (excludes halogenated alkanes) is 1. The fraction of sp³-hybridized carbons (Fsp3) is 0.357. The molecule has 0 aliphatic heterocycles. The number of hydrogen-bond acceptors (Lipinski definition) is 2. The summed E-state index contributed by atoms with van der Waals surface area (Å²) in [6, 6.07) is 3.90. The van der Waals surface area contributed by atoms with Crippen LogP contribution in [-0.2, 0) is 10.9 Å². The van der Waals surface area contributed by atoms with Crippen LogP contribution in [0.1, 0.15) is 42.1 Å². The van der Waals surface area contributed by atoms with E-state index in [0.29, 0.717) is 12.2 Å². The lowest BCUT2D eigenvalue weighted by molar-refractivity contribution is -0.137. The molecule has 104 valence electrons. The number of carbonyl (C=O) groups excluding carboxylic acids is 1. The van der Waals surface area contributed by atoms with Gasteiger partial charge in [0, 0.05) is 6.42 Å². The van der Waals surface area contributed by atoms with E-state index in [-0.39, 0.29) is 5.56 Å². The van der Waals surface area contributed by atoms with Gasteiger partial charge < -0.3 is 4.74 Å². The summed E-state index contributed by atoms with van der Waals surface area (Å²) in [6.07, 6.45) is -2.06. The number of carbonyl (C=O) groups is 1. The maximum atomic E-state index is 12.3. The molecule has 1 aromatic carbocycles. The molecule has 1 aromatic rings. The quantitative estimate of drug-likeness (QED) is 0.580. The smallest absolute Gasteiger partial charge is 0.416 e. The highest BCUT2D eigenvalue weighted by atomic mass is 19.4. The third-order valence-corrected chi connectivity index (χ3v) is 2.49. The fourth-order valence-corrected chi connectivity index (χ4v) is 1.41. The van der Waals surface area contributed by atoms with Gasteiger partial charge in [-0.15, -0.1) is 0 Å². The molecule has 0 heterocycles. The Bertz CT molecular complexity index is 447. The van der Waals surface area contributed by atoms with Gasteiger partial charge >= 0.3 is 12.1 Å². The van der Waals surface area contributed by atoms with E-state index in [1.807, 2.05) is 6.92 Å². The zero-order valence-corrected chi connectivity index (χ0v) is 10.6. The molecule has 0 N–H and O–H groups in total. The zero-order valence-electron chi connectivity index (χ0n) is 10.6. The summed E-state index contributed by atoms with van der Waals surface area (Å²) >= 11 is 0. The van der Waals surface area contributed by atoms with Crippen LogP contribution in [0.2, 0.25) is 0 Å². The average molecular weight is 272 g/mol. The number of rotatable bonds is 5. The van der Waals surface area contributed by atoms with Crippen molar-refractivity contribution >= 4 is 5.97 Å². The van der Waals surface area contributed by atoms with Crippen LogP contribution in [0.25, 0.3) is 0 Å². The van der Waals surface area contributed by atoms with Crippen molar-refractivity contribution in [1.29, 1.82) is 0 Å². The molecule has 0 aliphatic rings. The van der Waals surface area contributed by atoms with Crippen molar-refractivity contribution in [2.45, 2.75) is 32.4 Å². The van der Waals surface area contributed by atoms with Gasteiger partial charge in [-0.25, -0.2) is 4.79 Å². The first-order chi connectivity index (χ1) is 8.84. The van der Waals surface area contributed by atoms with Crippen LogP contribution in [0.5, 0.6) is 0 Å². The second-order valence-electron chi connectivity index (χ2n) is 4.11. The number of hydrogen-bond donors (Lipinski definition) is 0. The lowest BCUT2D eigenvalue weighted by Gasteiger charge is -2.09. The monoisotopic (exact) mass is 272 g/mol. The van der Waals surface area contributed by atoms with Crippen LogP contribution in [-0.4, -0.2) is 5.97 Å². The van der Waals surface area contributed by atoms with Gasteiger partial charge in [-0.05, 0) is 30.7 Å². The Morgan fingerprint density at radius 1 is 1.26 bits per heavy atom. The van der Waals surface area contributed by atoms with Gasteiger partial charge in [-0.1, -0.05) is 19.9 Å². The Balaban J connectivity index is 2.66. The van der Waals surface area contributed by atoms with E-state index in [9.17, 15) is 18.0 Å². The van der Waals surface area contributed by atoms with Crippen LogP contribution in [0.3, 0.4) is 0 Å². The van der Waals surface area contributed by atoms with Crippen molar-refractivity contribution in [1.82, 2.24) is 0 Å². The van der Waals surface area contributed by atoms with E-state index in [4.69, 9.17) is 4.74 Å². The van der Waals surface area contributed by atoms with Crippen LogP contribution in [0.4, 0.5) is 13.2 Å². The summed E-state index contributed by atoms with van der Waals surface area (Å²) in [6.45, 7) is 5.58. The molecule has 0 saturated carbocycles. The first kappa shape index (κ1) is 15.3. The number of allylic oxidation sites excluding steroid dienone is 1. The second kappa shape index (κ2) is 6.41. The number of halogens is 3. The SMILES string of the molecule is C=C(CCCC)OC(=O)c1ccc(C(F)(F)F)cc1. The van der Waals surface area contributed by atoms with Crippen molar-refractivity contribution in [2.24, 2.45) is 0 Å². The summed E-state index contributed by atoms with van der Waals surface area (Å²) in [4.78, 5) is 11.6. The van der Waals surface area contributed by atoms with E-state index in [1.165, 1.54) is 0 Å². The first-order valence-corrected chi connectivity index (χ1v) is 5.91. The van der Waals surface area contributed by atoms with E-state index >= 15 is 0 Å². The van der Waals surface area contributed by atoms with E-state index in [1.54, 1.807) is 0 Å². The predicted molar refractivity (Wildman–Crippen MR) is 65.5 cm³/mol. The third kappa shape index (κ3) is 4.77. The Morgan fingerprint density at radius 3 is 2.32 bits per heavy atom. The van der Waals surface area contributed by atoms with Crippen molar-refractivity contribution in [3.05, 3.63) is 47.7 Å². The van der Waals surface area contributed by atoms with Gasteiger partial charge in [0.2, 0.25) is 0 Å². The molecule has 5 heteroatoms. The molecule has 0 spiro atoms. The summed E-state index contributed by atoms with van der Waals surface area (Å²) in [5, 5.41) is 0. The minimum Gasteiger partial charge on any atom is -0.428 e. The first-order valence-electron chi connectivity index (χ1n) is 5.91. The van der Waals surface area contributed by atoms with Gasteiger partial charge in [0.15, 0.2) is 0 Å². The Hall–Kier alpha value is -1.78. The Labute approximate surface area is 109 Å². The molecule has 0 aliphatic carbocycles. The standard InChI is InChI=1S/C14H15F3O2/c1-3-4-5-10(2)19-13(18)11-6-8-12(9-7-11)14(15,16)17/h6-9H,2-5H2,1H3. The van der Waals surface area contributed by atoms with Crippen molar-refractivity contribution in [2.75, 3.05) is 0 Å². The summed E-state index contributed by atoms with van der Waals surface area (Å²) in [7, 11) is 0. The summed E-state index contributed by atoms with van der Waals surface area (Å²) in [5.41, 5.74) is -0.723. The fourth-order valence-electron chi connectivity index (χ4n) is 1.41. The maximum absolute atomic E-state index is 12.3. The highest BCUT2D eigenvalue weighted by molar-refractivity contribution is 5.90. The van der Waals surface area contributed by atoms with Gasteiger partial charge in [0.1, 0.15) is 5.76 Å². The van der Waals surface area contributed by atoms with E-state index in [0.717, 1.165) is 37.1 Å². The number of esters is 1. The molecule has 0 fully saturated rings. The largest absolute Gasteiger partial charge is 0.428 e. The normalized spacial score (nSPS) is 11.2. The van der Waals surface area contributed by atoms with Crippen molar-refractivity contribution in [3.8, 4) is 0 Å². The molecule has 0 atom stereocenters. The van der Waals surface area contributed by atoms with Crippen molar-refractivity contribution < 1.29 is 22.7 Å². The number of alkyl halides is 3. The molecule has 19 heavy (non-hydrogen) atoms. The van der Waals surface area contributed by atoms with Crippen LogP contribution in [0.15, 0.2) is 36.6 Å². The summed E-state index contributed by atoms with van der Waals surface area (Å²) < 4.78 is 42.0. The molecule has 0 saturated heterocycles. The average Bonchev–Trinajstić information content (AvgIpc) is 2.35. The highest BCUT2D eigenvalue weighted by Gasteiger charge is 2.30. The Kier molecular flexibility index (Phi) is 5.15. The minimum atomic E-state index is -4.41. The van der Waals surface area contributed by atoms with Gasteiger partial charge in [0.25, 0.3) is 0 Å². The van der Waals surface area contributed by atoms with Crippen LogP contribution < -0.4 is 0 Å². The minimum absolute atomic E-state index is 0.0747. The molecule has 0 amide bonds. The van der Waals surface area contributed by atoms with E-state index in [2.05, 4.69) is 6.58 Å². The zero-order chi connectivity index (χ0) is 14.5. The topological polar surface area (TPSA) is 26.3 Å². The lowest BCUT2D eigenvalue weighted by atomic mass is 10.1. The second-order valence-corrected chi connectivity index (χ2v) is 4.11. The van der Waals surface area contributed by atoms with Crippen molar-refractivity contribution in [3.63, 3.8) is 0 Å². The third-order valence-electron chi connectivity index (χ3n) is 2.49. The molecule has 0 radical (unpaired) electrons. The molecular formula is C14H15F3O2. The molecule has 0 bridgehead atoms. The highest BCUT2D eigenvalue weighted by Crippen LogP contribution is 2.29. The lowest BCUT2D eigenvalue weighted by Crippen LogP contribution is -2.08. The molecule has 1 rings (SSSR count). The predicted octanol–water partition coefficient (Wildman–Crippen LogP) is 4.57. The maximum Gasteiger partial charge on any atom is 0.416 e. The van der Waals surface area contributed by atoms with Gasteiger partial charge in [-0.3, -0.25) is 0 Å². The summed E-state index contributed by atoms with van der Waals surface area (Å²) in [5.74, 6) is -0.360. The van der Waals surface area contributed by atoms with Crippen LogP contribution >= 0.6 is 0 Å². The van der Waals surface area contributed by atoms with E-state index < -0.39 is 17.7 Å². The number of benzene rings is 1. The molecule has 0 unspecified atom stereocenters. The number of ether oxygens (including phenoxy) is 1.